The van der Waals surface area contributed by atoms with Crippen LogP contribution in [0.5, 0.6) is 0 Å². The standard InChI is InChI=1S/C17H13N3O2/c1-10-6-8-11(9-7-10)14-19-16(21)15-18-13-5-3-2-4-12(13)17(22)20(14)15/h2-9,14H,1H3,(H,19,21)/t14-/m0/s1. The van der Waals surface area contributed by atoms with E-state index in [9.17, 15) is 9.59 Å². The van der Waals surface area contributed by atoms with Gasteiger partial charge in [-0.15, -0.1) is 0 Å². The second-order valence-corrected chi connectivity index (χ2v) is 5.41. The molecule has 5 nitrogen and oxygen atoms in total. The Morgan fingerprint density at radius 2 is 1.77 bits per heavy atom. The van der Waals surface area contributed by atoms with E-state index in [0.29, 0.717) is 10.9 Å². The van der Waals surface area contributed by atoms with Crippen molar-refractivity contribution in [1.29, 1.82) is 0 Å². The number of aryl methyl sites for hydroxylation is 1. The number of aromatic nitrogens is 2. The van der Waals surface area contributed by atoms with Gasteiger partial charge in [-0.25, -0.2) is 4.98 Å². The number of benzene rings is 2. The highest BCUT2D eigenvalue weighted by Crippen LogP contribution is 2.22. The van der Waals surface area contributed by atoms with Gasteiger partial charge in [0.2, 0.25) is 5.82 Å². The molecule has 1 atom stereocenters. The summed E-state index contributed by atoms with van der Waals surface area (Å²) in [7, 11) is 0. The van der Waals surface area contributed by atoms with Gasteiger partial charge in [-0.2, -0.15) is 0 Å². The Kier molecular flexibility index (Phi) is 2.63. The third-order valence-electron chi connectivity index (χ3n) is 3.93. The lowest BCUT2D eigenvalue weighted by Gasteiger charge is -2.14. The molecule has 1 N–H and O–H groups in total. The minimum absolute atomic E-state index is 0.161. The zero-order chi connectivity index (χ0) is 15.3. The van der Waals surface area contributed by atoms with Crippen LogP contribution in [0, 0.1) is 6.92 Å². The maximum absolute atomic E-state index is 12.7. The van der Waals surface area contributed by atoms with E-state index in [0.717, 1.165) is 11.1 Å². The Balaban J connectivity index is 1.99. The predicted molar refractivity (Wildman–Crippen MR) is 82.8 cm³/mol. The predicted octanol–water partition coefficient (Wildman–Crippen LogP) is 2.00. The van der Waals surface area contributed by atoms with Crippen LogP contribution in [0.3, 0.4) is 0 Å². The van der Waals surface area contributed by atoms with Gasteiger partial charge in [0.1, 0.15) is 6.17 Å². The van der Waals surface area contributed by atoms with Crippen LogP contribution in [0.2, 0.25) is 0 Å². The Morgan fingerprint density at radius 3 is 2.55 bits per heavy atom. The van der Waals surface area contributed by atoms with Crippen LogP contribution in [0.25, 0.3) is 10.9 Å². The highest BCUT2D eigenvalue weighted by Gasteiger charge is 2.32. The van der Waals surface area contributed by atoms with Gasteiger partial charge in [0.05, 0.1) is 10.9 Å². The first-order valence-electron chi connectivity index (χ1n) is 7.04. The summed E-state index contributed by atoms with van der Waals surface area (Å²) in [6.07, 6.45) is -0.507. The van der Waals surface area contributed by atoms with Crippen molar-refractivity contribution in [2.75, 3.05) is 0 Å². The van der Waals surface area contributed by atoms with Crippen molar-refractivity contribution in [3.8, 4) is 0 Å². The number of carbonyl (C=O) groups is 1. The molecule has 0 aliphatic carbocycles. The lowest BCUT2D eigenvalue weighted by molar-refractivity contribution is 0.0956. The van der Waals surface area contributed by atoms with Crippen molar-refractivity contribution in [3.63, 3.8) is 0 Å². The van der Waals surface area contributed by atoms with Gasteiger partial charge in [-0.1, -0.05) is 42.0 Å². The number of rotatable bonds is 1. The van der Waals surface area contributed by atoms with Gasteiger partial charge in [0, 0.05) is 0 Å². The average Bonchev–Trinajstić information content (AvgIpc) is 2.86. The van der Waals surface area contributed by atoms with Crippen LogP contribution in [0.1, 0.15) is 27.9 Å². The fraction of sp³-hybridized carbons (Fsp3) is 0.118. The molecule has 1 aliphatic heterocycles. The summed E-state index contributed by atoms with van der Waals surface area (Å²) in [6, 6.07) is 14.8. The van der Waals surface area contributed by atoms with E-state index in [4.69, 9.17) is 0 Å². The first-order valence-corrected chi connectivity index (χ1v) is 7.04. The number of hydrogen-bond donors (Lipinski definition) is 1. The molecule has 5 heteroatoms. The van der Waals surface area contributed by atoms with E-state index in [-0.39, 0.29) is 17.3 Å². The van der Waals surface area contributed by atoms with Crippen molar-refractivity contribution in [2.24, 2.45) is 0 Å². The molecule has 0 unspecified atom stereocenters. The van der Waals surface area contributed by atoms with Crippen LogP contribution in [0.4, 0.5) is 0 Å². The molecular weight excluding hydrogens is 278 g/mol. The number of para-hydroxylation sites is 1. The molecular formula is C17H13N3O2. The third-order valence-corrected chi connectivity index (χ3v) is 3.93. The molecule has 2 aromatic carbocycles. The minimum atomic E-state index is -0.507. The normalized spacial score (nSPS) is 16.6. The van der Waals surface area contributed by atoms with E-state index in [1.54, 1.807) is 24.3 Å². The largest absolute Gasteiger partial charge is 0.325 e. The molecule has 3 aromatic rings. The first-order chi connectivity index (χ1) is 10.6. The molecule has 2 heterocycles. The number of nitrogens with one attached hydrogen (secondary N) is 1. The van der Waals surface area contributed by atoms with E-state index >= 15 is 0 Å². The summed E-state index contributed by atoms with van der Waals surface area (Å²) in [5.41, 5.74) is 2.32. The summed E-state index contributed by atoms with van der Waals surface area (Å²) >= 11 is 0. The third kappa shape index (κ3) is 1.75. The summed E-state index contributed by atoms with van der Waals surface area (Å²) < 4.78 is 1.44. The lowest BCUT2D eigenvalue weighted by Crippen LogP contribution is -2.28. The van der Waals surface area contributed by atoms with Crippen LogP contribution < -0.4 is 10.9 Å². The second-order valence-electron chi connectivity index (χ2n) is 5.41. The fourth-order valence-corrected chi connectivity index (χ4v) is 2.78. The molecule has 1 aromatic heterocycles. The highest BCUT2D eigenvalue weighted by molar-refractivity contribution is 5.95. The van der Waals surface area contributed by atoms with E-state index in [2.05, 4.69) is 10.3 Å². The molecule has 1 aliphatic rings. The number of hydrogen-bond acceptors (Lipinski definition) is 3. The average molecular weight is 291 g/mol. The minimum Gasteiger partial charge on any atom is -0.325 e. The maximum atomic E-state index is 12.7. The van der Waals surface area contributed by atoms with Gasteiger partial charge in [-0.3, -0.25) is 14.2 Å². The van der Waals surface area contributed by atoms with Crippen molar-refractivity contribution in [3.05, 3.63) is 75.8 Å². The smallest absolute Gasteiger partial charge is 0.289 e. The van der Waals surface area contributed by atoms with Crippen molar-refractivity contribution < 1.29 is 4.79 Å². The monoisotopic (exact) mass is 291 g/mol. The molecule has 0 radical (unpaired) electrons. The number of nitrogens with zero attached hydrogens (tertiary/aromatic N) is 2. The van der Waals surface area contributed by atoms with Crippen molar-refractivity contribution >= 4 is 16.8 Å². The lowest BCUT2D eigenvalue weighted by atomic mass is 10.1. The van der Waals surface area contributed by atoms with Gasteiger partial charge >= 0.3 is 0 Å². The molecule has 0 fully saturated rings. The van der Waals surface area contributed by atoms with Gasteiger partial charge in [-0.05, 0) is 24.6 Å². The topological polar surface area (TPSA) is 64.0 Å². The zero-order valence-electron chi connectivity index (χ0n) is 11.9. The molecule has 0 saturated heterocycles. The van der Waals surface area contributed by atoms with Gasteiger partial charge in [0.25, 0.3) is 11.5 Å². The quantitative estimate of drug-likeness (QED) is 0.746. The molecule has 4 rings (SSSR count). The molecule has 0 bridgehead atoms. The van der Waals surface area contributed by atoms with Crippen LogP contribution in [-0.2, 0) is 0 Å². The Morgan fingerprint density at radius 1 is 1.05 bits per heavy atom. The zero-order valence-corrected chi connectivity index (χ0v) is 11.9. The SMILES string of the molecule is Cc1ccc([C@H]2NC(=O)c3nc4ccccc4c(=O)n32)cc1. The maximum Gasteiger partial charge on any atom is 0.289 e. The molecule has 0 spiro atoms. The van der Waals surface area contributed by atoms with Crippen LogP contribution in [0.15, 0.2) is 53.3 Å². The van der Waals surface area contributed by atoms with Gasteiger partial charge in [0.15, 0.2) is 0 Å². The van der Waals surface area contributed by atoms with Crippen molar-refractivity contribution in [1.82, 2.24) is 14.9 Å². The number of fused-ring (bicyclic) bond motifs is 2. The van der Waals surface area contributed by atoms with Crippen LogP contribution >= 0.6 is 0 Å². The fourth-order valence-electron chi connectivity index (χ4n) is 2.78. The summed E-state index contributed by atoms with van der Waals surface area (Å²) in [5, 5.41) is 3.35. The number of amides is 1. The molecule has 108 valence electrons. The molecule has 1 amide bonds. The van der Waals surface area contributed by atoms with Gasteiger partial charge < -0.3 is 5.32 Å². The van der Waals surface area contributed by atoms with Crippen molar-refractivity contribution in [2.45, 2.75) is 13.1 Å². The van der Waals surface area contributed by atoms with Crippen LogP contribution in [-0.4, -0.2) is 15.5 Å². The first kappa shape index (κ1) is 12.8. The van der Waals surface area contributed by atoms with E-state index in [1.165, 1.54) is 4.57 Å². The van der Waals surface area contributed by atoms with E-state index < -0.39 is 6.17 Å². The Hall–Kier alpha value is -2.95. The van der Waals surface area contributed by atoms with E-state index in [1.807, 2.05) is 31.2 Å². The molecule has 0 saturated carbocycles. The summed E-state index contributed by atoms with van der Waals surface area (Å²) in [4.78, 5) is 29.3. The summed E-state index contributed by atoms with van der Waals surface area (Å²) in [5.74, 6) is -0.164. The Bertz CT molecular complexity index is 958. The highest BCUT2D eigenvalue weighted by atomic mass is 16.2. The molecule has 22 heavy (non-hydrogen) atoms. The second kappa shape index (κ2) is 4.53. The summed E-state index contributed by atoms with van der Waals surface area (Å²) in [6.45, 7) is 1.99. The number of carbonyl (C=O) groups excluding carboxylic acids is 1. The Labute approximate surface area is 126 Å².